The van der Waals surface area contributed by atoms with E-state index < -0.39 is 0 Å². The Morgan fingerprint density at radius 3 is 2.85 bits per heavy atom. The van der Waals surface area contributed by atoms with Crippen LogP contribution in [0.1, 0.15) is 18.4 Å². The van der Waals surface area contributed by atoms with Gasteiger partial charge in [-0.1, -0.05) is 11.6 Å². The second-order valence-corrected chi connectivity index (χ2v) is 5.38. The zero-order valence-electron chi connectivity index (χ0n) is 11.1. The van der Waals surface area contributed by atoms with Crippen LogP contribution in [0.15, 0.2) is 18.2 Å². The van der Waals surface area contributed by atoms with Crippen LogP contribution in [0.25, 0.3) is 0 Å². The largest absolute Gasteiger partial charge is 0.328 e. The molecule has 0 radical (unpaired) electrons. The van der Waals surface area contributed by atoms with Gasteiger partial charge >= 0.3 is 0 Å². The van der Waals surface area contributed by atoms with Gasteiger partial charge in [-0.15, -0.1) is 0 Å². The van der Waals surface area contributed by atoms with Crippen molar-refractivity contribution in [3.05, 3.63) is 28.8 Å². The standard InChI is InChI=1S/C14H17ClN4O/c15-12-2-1-10(8-16)7-13(12)18-14(20)9-19-5-3-11(17)4-6-19/h1-2,7,11H,3-6,9,17H2,(H,18,20). The van der Waals surface area contributed by atoms with E-state index in [9.17, 15) is 4.79 Å². The normalized spacial score (nSPS) is 16.6. The summed E-state index contributed by atoms with van der Waals surface area (Å²) in [6.45, 7) is 1.99. The summed E-state index contributed by atoms with van der Waals surface area (Å²) in [5.74, 6) is -0.127. The fourth-order valence-corrected chi connectivity index (χ4v) is 2.36. The average molecular weight is 293 g/mol. The van der Waals surface area contributed by atoms with E-state index in [4.69, 9.17) is 22.6 Å². The topological polar surface area (TPSA) is 82.2 Å². The SMILES string of the molecule is N#Cc1ccc(Cl)c(NC(=O)CN2CCC(N)CC2)c1. The average Bonchev–Trinajstić information content (AvgIpc) is 2.44. The Morgan fingerprint density at radius 1 is 1.50 bits per heavy atom. The monoisotopic (exact) mass is 292 g/mol. The first kappa shape index (κ1) is 14.8. The minimum Gasteiger partial charge on any atom is -0.328 e. The number of anilines is 1. The molecule has 0 spiro atoms. The number of amides is 1. The third-order valence-electron chi connectivity index (χ3n) is 3.37. The minimum atomic E-state index is -0.127. The number of rotatable bonds is 3. The second kappa shape index (κ2) is 6.71. The van der Waals surface area contributed by atoms with Gasteiger partial charge in [0.2, 0.25) is 5.91 Å². The number of piperidine rings is 1. The van der Waals surface area contributed by atoms with Crippen LogP contribution < -0.4 is 11.1 Å². The highest BCUT2D eigenvalue weighted by Crippen LogP contribution is 2.22. The molecule has 1 aliphatic heterocycles. The number of hydrogen-bond acceptors (Lipinski definition) is 4. The van der Waals surface area contributed by atoms with E-state index in [0.29, 0.717) is 22.8 Å². The van der Waals surface area contributed by atoms with Gasteiger partial charge in [-0.25, -0.2) is 0 Å². The summed E-state index contributed by atoms with van der Waals surface area (Å²) in [5.41, 5.74) is 6.77. The highest BCUT2D eigenvalue weighted by molar-refractivity contribution is 6.33. The first-order valence-electron chi connectivity index (χ1n) is 6.56. The molecule has 1 fully saturated rings. The van der Waals surface area contributed by atoms with Crippen molar-refractivity contribution in [3.8, 4) is 6.07 Å². The van der Waals surface area contributed by atoms with Crippen molar-refractivity contribution in [3.63, 3.8) is 0 Å². The number of likely N-dealkylation sites (tertiary alicyclic amines) is 1. The summed E-state index contributed by atoms with van der Waals surface area (Å²) < 4.78 is 0. The Kier molecular flexibility index (Phi) is 4.96. The van der Waals surface area contributed by atoms with Gasteiger partial charge < -0.3 is 11.1 Å². The Hall–Kier alpha value is -1.61. The van der Waals surface area contributed by atoms with Gasteiger partial charge in [0.05, 0.1) is 28.9 Å². The van der Waals surface area contributed by atoms with Gasteiger partial charge in [-0.3, -0.25) is 9.69 Å². The summed E-state index contributed by atoms with van der Waals surface area (Å²) in [6, 6.07) is 7.06. The predicted molar refractivity (Wildman–Crippen MR) is 78.4 cm³/mol. The molecule has 0 aromatic heterocycles. The zero-order valence-corrected chi connectivity index (χ0v) is 11.9. The summed E-state index contributed by atoms with van der Waals surface area (Å²) in [5, 5.41) is 12.0. The number of benzene rings is 1. The van der Waals surface area contributed by atoms with Gasteiger partial charge in [0, 0.05) is 19.1 Å². The van der Waals surface area contributed by atoms with Gasteiger partial charge in [0.1, 0.15) is 0 Å². The number of hydrogen-bond donors (Lipinski definition) is 2. The van der Waals surface area contributed by atoms with E-state index in [0.717, 1.165) is 25.9 Å². The third kappa shape index (κ3) is 3.94. The lowest BCUT2D eigenvalue weighted by Crippen LogP contribution is -2.43. The summed E-state index contributed by atoms with van der Waals surface area (Å²) in [4.78, 5) is 14.1. The smallest absolute Gasteiger partial charge is 0.238 e. The molecule has 1 aromatic rings. The predicted octanol–water partition coefficient (Wildman–Crippen LogP) is 1.57. The summed E-state index contributed by atoms with van der Waals surface area (Å²) in [6.07, 6.45) is 1.83. The zero-order chi connectivity index (χ0) is 14.5. The van der Waals surface area contributed by atoms with Crippen LogP contribution in [0, 0.1) is 11.3 Å². The molecule has 1 aliphatic rings. The second-order valence-electron chi connectivity index (χ2n) is 4.97. The van der Waals surface area contributed by atoms with Gasteiger partial charge in [-0.05, 0) is 31.0 Å². The molecule has 1 aromatic carbocycles. The van der Waals surface area contributed by atoms with Crippen molar-refractivity contribution in [1.29, 1.82) is 5.26 Å². The first-order valence-corrected chi connectivity index (χ1v) is 6.93. The minimum absolute atomic E-state index is 0.127. The van der Waals surface area contributed by atoms with E-state index in [1.54, 1.807) is 18.2 Å². The number of nitrogens with two attached hydrogens (primary N) is 1. The molecule has 2 rings (SSSR count). The van der Waals surface area contributed by atoms with Gasteiger partial charge in [-0.2, -0.15) is 5.26 Å². The highest BCUT2D eigenvalue weighted by Gasteiger charge is 2.18. The quantitative estimate of drug-likeness (QED) is 0.886. The van der Waals surface area contributed by atoms with E-state index >= 15 is 0 Å². The molecule has 1 saturated heterocycles. The Labute approximate surface area is 123 Å². The maximum Gasteiger partial charge on any atom is 0.238 e. The van der Waals surface area contributed by atoms with E-state index in [1.807, 2.05) is 6.07 Å². The fraction of sp³-hybridized carbons (Fsp3) is 0.429. The number of nitriles is 1. The molecule has 0 unspecified atom stereocenters. The van der Waals surface area contributed by atoms with Crippen LogP contribution in [-0.2, 0) is 4.79 Å². The molecule has 0 saturated carbocycles. The van der Waals surface area contributed by atoms with Crippen LogP contribution in [0.4, 0.5) is 5.69 Å². The third-order valence-corrected chi connectivity index (χ3v) is 3.70. The van der Waals surface area contributed by atoms with Crippen LogP contribution >= 0.6 is 11.6 Å². The Morgan fingerprint density at radius 2 is 2.20 bits per heavy atom. The lowest BCUT2D eigenvalue weighted by atomic mass is 10.1. The lowest BCUT2D eigenvalue weighted by Gasteiger charge is -2.29. The molecule has 20 heavy (non-hydrogen) atoms. The molecule has 1 amide bonds. The molecular formula is C14H17ClN4O. The number of halogens is 1. The van der Waals surface area contributed by atoms with Crippen molar-refractivity contribution in [2.75, 3.05) is 25.0 Å². The molecule has 1 heterocycles. The maximum atomic E-state index is 12.0. The maximum absolute atomic E-state index is 12.0. The summed E-state index contributed by atoms with van der Waals surface area (Å²) >= 11 is 6.00. The molecule has 0 atom stereocenters. The Bertz CT molecular complexity index is 532. The van der Waals surface area contributed by atoms with E-state index in [2.05, 4.69) is 10.2 Å². The van der Waals surface area contributed by atoms with Crippen LogP contribution in [0.3, 0.4) is 0 Å². The van der Waals surface area contributed by atoms with E-state index in [-0.39, 0.29) is 11.9 Å². The van der Waals surface area contributed by atoms with Crippen LogP contribution in [0.5, 0.6) is 0 Å². The van der Waals surface area contributed by atoms with Crippen LogP contribution in [-0.4, -0.2) is 36.5 Å². The molecule has 3 N–H and O–H groups in total. The number of carbonyl (C=O) groups is 1. The van der Waals surface area contributed by atoms with Crippen molar-refractivity contribution >= 4 is 23.2 Å². The molecule has 6 heteroatoms. The molecule has 0 bridgehead atoms. The van der Waals surface area contributed by atoms with E-state index in [1.165, 1.54) is 0 Å². The highest BCUT2D eigenvalue weighted by atomic mass is 35.5. The van der Waals surface area contributed by atoms with Crippen molar-refractivity contribution < 1.29 is 4.79 Å². The van der Waals surface area contributed by atoms with Crippen molar-refractivity contribution in [2.45, 2.75) is 18.9 Å². The first-order chi connectivity index (χ1) is 9.58. The van der Waals surface area contributed by atoms with Crippen molar-refractivity contribution in [1.82, 2.24) is 4.90 Å². The number of nitrogens with zero attached hydrogens (tertiary/aromatic N) is 2. The van der Waals surface area contributed by atoms with Gasteiger partial charge in [0.25, 0.3) is 0 Å². The molecular weight excluding hydrogens is 276 g/mol. The Balaban J connectivity index is 1.93. The van der Waals surface area contributed by atoms with Gasteiger partial charge in [0.15, 0.2) is 0 Å². The number of carbonyl (C=O) groups excluding carboxylic acids is 1. The fourth-order valence-electron chi connectivity index (χ4n) is 2.19. The molecule has 5 nitrogen and oxygen atoms in total. The molecule has 106 valence electrons. The van der Waals surface area contributed by atoms with Crippen molar-refractivity contribution in [2.24, 2.45) is 5.73 Å². The number of nitrogens with one attached hydrogen (secondary N) is 1. The molecule has 0 aliphatic carbocycles. The van der Waals surface area contributed by atoms with Crippen LogP contribution in [0.2, 0.25) is 5.02 Å². The lowest BCUT2D eigenvalue weighted by molar-refractivity contribution is -0.117. The summed E-state index contributed by atoms with van der Waals surface area (Å²) in [7, 11) is 0.